The number of hydrogen-bond donors (Lipinski definition) is 0. The van der Waals surface area contributed by atoms with Gasteiger partial charge in [-0.05, 0) is 87.0 Å². The molecule has 0 atom stereocenters. The largest absolute Gasteiger partial charge is 0.276 e. The molecular formula is C48H32N4. The van der Waals surface area contributed by atoms with Gasteiger partial charge in [-0.3, -0.25) is 8.97 Å². The average Bonchev–Trinajstić information content (AvgIpc) is 3.76. The van der Waals surface area contributed by atoms with Crippen LogP contribution in [0.25, 0.3) is 89.4 Å². The smallest absolute Gasteiger partial charge is 0.221 e. The van der Waals surface area contributed by atoms with E-state index in [0.717, 1.165) is 72.7 Å². The lowest BCUT2D eigenvalue weighted by atomic mass is 9.79. The summed E-state index contributed by atoms with van der Waals surface area (Å²) in [4.78, 5) is 10.7. The lowest BCUT2D eigenvalue weighted by Gasteiger charge is -2.24. The number of para-hydroxylation sites is 4. The third-order valence-electron chi connectivity index (χ3n) is 9.95. The number of aromatic nitrogens is 4. The summed E-state index contributed by atoms with van der Waals surface area (Å²) in [6, 6.07) is 68.5. The van der Waals surface area contributed by atoms with Gasteiger partial charge in [0.25, 0.3) is 0 Å². The van der Waals surface area contributed by atoms with E-state index in [9.17, 15) is 0 Å². The van der Waals surface area contributed by atoms with Gasteiger partial charge in [-0.2, -0.15) is 0 Å². The highest BCUT2D eigenvalue weighted by Crippen LogP contribution is 2.50. The molecule has 0 unspecified atom stereocenters. The van der Waals surface area contributed by atoms with Crippen molar-refractivity contribution in [2.24, 2.45) is 0 Å². The maximum Gasteiger partial charge on any atom is 0.221 e. The van der Waals surface area contributed by atoms with Crippen LogP contribution in [-0.2, 0) is 0 Å². The predicted octanol–water partition coefficient (Wildman–Crippen LogP) is 12.2. The van der Waals surface area contributed by atoms with Crippen LogP contribution in [-0.4, -0.2) is 18.9 Å². The number of benzene rings is 7. The molecule has 0 aliphatic heterocycles. The average molecular weight is 665 g/mol. The number of rotatable bonds is 6. The molecule has 0 saturated heterocycles. The van der Waals surface area contributed by atoms with Crippen LogP contribution in [0.4, 0.5) is 0 Å². The van der Waals surface area contributed by atoms with Crippen molar-refractivity contribution in [3.63, 3.8) is 0 Å². The molecule has 0 bridgehead atoms. The molecule has 0 radical (unpaired) electrons. The molecule has 4 heteroatoms. The molecule has 52 heavy (non-hydrogen) atoms. The van der Waals surface area contributed by atoms with Crippen molar-refractivity contribution < 1.29 is 0 Å². The van der Waals surface area contributed by atoms with Gasteiger partial charge in [0, 0.05) is 5.56 Å². The van der Waals surface area contributed by atoms with Crippen LogP contribution in [0.3, 0.4) is 0 Å². The van der Waals surface area contributed by atoms with E-state index in [1.807, 2.05) is 6.07 Å². The van der Waals surface area contributed by atoms with Crippen LogP contribution in [0.1, 0.15) is 0 Å². The fraction of sp³-hybridized carbons (Fsp3) is 0. The number of fused-ring (bicyclic) bond motifs is 5. The number of pyridine rings is 1. The van der Waals surface area contributed by atoms with E-state index in [1.54, 1.807) is 0 Å². The molecular weight excluding hydrogens is 633 g/mol. The molecule has 10 rings (SSSR count). The Morgan fingerprint density at radius 1 is 0.346 bits per heavy atom. The maximum absolute atomic E-state index is 5.52. The van der Waals surface area contributed by atoms with Gasteiger partial charge in [0.15, 0.2) is 0 Å². The standard InChI is InChI=1S/C48H32N4/c1-5-18-33(19-6-1)37-32-38(46(35-22-9-3-10-23-35)47(36-24-11-4-12-25-36)45(37)34-20-7-2-8-21-34)39-27-17-31-44(49-39)52-43-30-16-15-29-42(43)51-41-28-14-13-26-40(41)50-48(51)52/h1-32H. The van der Waals surface area contributed by atoms with Crippen molar-refractivity contribution in [2.75, 3.05) is 0 Å². The Bertz CT molecular complexity index is 2870. The second-order valence-corrected chi connectivity index (χ2v) is 13.0. The first-order valence-electron chi connectivity index (χ1n) is 17.6. The monoisotopic (exact) mass is 664 g/mol. The molecule has 4 nitrogen and oxygen atoms in total. The van der Waals surface area contributed by atoms with Crippen LogP contribution in [0.15, 0.2) is 194 Å². The Labute approximate surface area is 301 Å². The van der Waals surface area contributed by atoms with Gasteiger partial charge in [-0.25, -0.2) is 9.97 Å². The molecule has 0 spiro atoms. The lowest BCUT2D eigenvalue weighted by Crippen LogP contribution is -2.02. The summed E-state index contributed by atoms with van der Waals surface area (Å²) in [5, 5.41) is 0. The van der Waals surface area contributed by atoms with E-state index in [4.69, 9.17) is 9.97 Å². The highest BCUT2D eigenvalue weighted by molar-refractivity contribution is 6.07. The summed E-state index contributed by atoms with van der Waals surface area (Å²) >= 11 is 0. The Balaban J connectivity index is 1.32. The maximum atomic E-state index is 5.52. The van der Waals surface area contributed by atoms with Crippen molar-refractivity contribution in [3.05, 3.63) is 194 Å². The molecule has 10 aromatic rings. The minimum Gasteiger partial charge on any atom is -0.276 e. The van der Waals surface area contributed by atoms with Crippen LogP contribution >= 0.6 is 0 Å². The molecule has 0 saturated carbocycles. The van der Waals surface area contributed by atoms with Crippen LogP contribution in [0, 0.1) is 0 Å². The van der Waals surface area contributed by atoms with E-state index in [-0.39, 0.29) is 0 Å². The number of hydrogen-bond acceptors (Lipinski definition) is 2. The van der Waals surface area contributed by atoms with Crippen LogP contribution in [0.2, 0.25) is 0 Å². The van der Waals surface area contributed by atoms with E-state index >= 15 is 0 Å². The van der Waals surface area contributed by atoms with Crippen LogP contribution < -0.4 is 0 Å². The Morgan fingerprint density at radius 2 is 0.846 bits per heavy atom. The fourth-order valence-electron chi connectivity index (χ4n) is 7.71. The molecule has 244 valence electrons. The van der Waals surface area contributed by atoms with E-state index in [1.165, 1.54) is 16.7 Å². The van der Waals surface area contributed by atoms with Crippen LogP contribution in [0.5, 0.6) is 0 Å². The van der Waals surface area contributed by atoms with Crippen molar-refractivity contribution in [1.82, 2.24) is 18.9 Å². The highest BCUT2D eigenvalue weighted by atomic mass is 15.2. The first kappa shape index (κ1) is 29.8. The summed E-state index contributed by atoms with van der Waals surface area (Å²) in [5.41, 5.74) is 15.4. The third-order valence-corrected chi connectivity index (χ3v) is 9.95. The molecule has 3 heterocycles. The summed E-state index contributed by atoms with van der Waals surface area (Å²) in [6.07, 6.45) is 0. The topological polar surface area (TPSA) is 35.1 Å². The van der Waals surface area contributed by atoms with Crippen molar-refractivity contribution in [2.45, 2.75) is 0 Å². The third kappa shape index (κ3) is 4.84. The molecule has 0 N–H and O–H groups in total. The van der Waals surface area contributed by atoms with Gasteiger partial charge in [0.1, 0.15) is 5.82 Å². The van der Waals surface area contributed by atoms with Gasteiger partial charge in [-0.1, -0.05) is 152 Å². The second-order valence-electron chi connectivity index (χ2n) is 13.0. The zero-order chi connectivity index (χ0) is 34.4. The summed E-state index contributed by atoms with van der Waals surface area (Å²) in [5.74, 6) is 1.65. The van der Waals surface area contributed by atoms with Crippen molar-refractivity contribution >= 4 is 27.8 Å². The summed E-state index contributed by atoms with van der Waals surface area (Å²) in [6.45, 7) is 0. The first-order chi connectivity index (χ1) is 25.8. The minimum atomic E-state index is 0.813. The minimum absolute atomic E-state index is 0.813. The summed E-state index contributed by atoms with van der Waals surface area (Å²) < 4.78 is 4.43. The molecule has 0 aliphatic carbocycles. The van der Waals surface area contributed by atoms with Crippen molar-refractivity contribution in [3.8, 4) is 61.6 Å². The zero-order valence-corrected chi connectivity index (χ0v) is 28.3. The van der Waals surface area contributed by atoms with Gasteiger partial charge in [-0.15, -0.1) is 0 Å². The van der Waals surface area contributed by atoms with E-state index in [2.05, 4.69) is 197 Å². The molecule has 0 fully saturated rings. The Morgan fingerprint density at radius 3 is 1.48 bits per heavy atom. The van der Waals surface area contributed by atoms with Crippen molar-refractivity contribution in [1.29, 1.82) is 0 Å². The van der Waals surface area contributed by atoms with Gasteiger partial charge >= 0.3 is 0 Å². The second kappa shape index (κ2) is 12.4. The SMILES string of the molecule is c1ccc(-c2cc(-c3cccc(-n4c5ccccc5n5c6ccccc6nc45)n3)c(-c3ccccc3)c(-c3ccccc3)c2-c2ccccc2)cc1. The molecule has 3 aromatic heterocycles. The normalized spacial score (nSPS) is 11.5. The number of imidazole rings is 2. The Hall–Kier alpha value is -7.04. The quantitative estimate of drug-likeness (QED) is 0.177. The predicted molar refractivity (Wildman–Crippen MR) is 215 cm³/mol. The van der Waals surface area contributed by atoms with E-state index < -0.39 is 0 Å². The molecule has 7 aromatic carbocycles. The lowest BCUT2D eigenvalue weighted by molar-refractivity contribution is 1.04. The number of nitrogens with zero attached hydrogens (tertiary/aromatic N) is 4. The Kier molecular flexibility index (Phi) is 7.10. The zero-order valence-electron chi connectivity index (χ0n) is 28.3. The van der Waals surface area contributed by atoms with E-state index in [0.29, 0.717) is 0 Å². The molecule has 0 aliphatic rings. The van der Waals surface area contributed by atoms with Gasteiger partial charge in [0.05, 0.1) is 27.8 Å². The molecule has 0 amide bonds. The fourth-order valence-corrected chi connectivity index (χ4v) is 7.71. The van der Waals surface area contributed by atoms with Gasteiger partial charge < -0.3 is 0 Å². The summed E-state index contributed by atoms with van der Waals surface area (Å²) in [7, 11) is 0. The highest BCUT2D eigenvalue weighted by Gasteiger charge is 2.25. The van der Waals surface area contributed by atoms with Gasteiger partial charge in [0.2, 0.25) is 5.78 Å². The first-order valence-corrected chi connectivity index (χ1v) is 17.6.